The Morgan fingerprint density at radius 2 is 2.04 bits per heavy atom. The van der Waals surface area contributed by atoms with E-state index < -0.39 is 11.8 Å². The predicted octanol–water partition coefficient (Wildman–Crippen LogP) is 3.82. The topological polar surface area (TPSA) is 74.5 Å². The molecule has 0 amide bonds. The first kappa shape index (κ1) is 17.9. The van der Waals surface area contributed by atoms with E-state index in [2.05, 4.69) is 10.1 Å². The fourth-order valence-corrected chi connectivity index (χ4v) is 2.52. The van der Waals surface area contributed by atoms with Crippen LogP contribution in [0.4, 0.5) is 4.39 Å². The van der Waals surface area contributed by atoms with Crippen molar-refractivity contribution in [2.45, 2.75) is 13.0 Å². The Labute approximate surface area is 153 Å². The molecule has 0 spiro atoms. The molecule has 2 aromatic carbocycles. The van der Waals surface area contributed by atoms with Gasteiger partial charge < -0.3 is 14.0 Å². The van der Waals surface area contributed by atoms with Gasteiger partial charge in [0.1, 0.15) is 11.6 Å². The van der Waals surface area contributed by atoms with Crippen LogP contribution in [0.15, 0.2) is 47.0 Å². The van der Waals surface area contributed by atoms with Gasteiger partial charge in [0.05, 0.1) is 19.1 Å². The van der Waals surface area contributed by atoms with E-state index >= 15 is 0 Å². The Morgan fingerprint density at radius 1 is 1.23 bits per heavy atom. The first-order chi connectivity index (χ1) is 12.6. The highest BCUT2D eigenvalue weighted by Crippen LogP contribution is 2.27. The maximum atomic E-state index is 13.7. The maximum Gasteiger partial charge on any atom is 0.310 e. The van der Waals surface area contributed by atoms with Gasteiger partial charge in [0.15, 0.2) is 6.61 Å². The van der Waals surface area contributed by atoms with E-state index in [4.69, 9.17) is 25.6 Å². The zero-order chi connectivity index (χ0) is 18.5. The minimum absolute atomic E-state index is 0.0828. The van der Waals surface area contributed by atoms with Crippen molar-refractivity contribution in [2.24, 2.45) is 0 Å². The SMILES string of the molecule is COc1ccccc1-c1noc(COC(=O)Cc2c(F)cccc2Cl)n1. The molecule has 0 aliphatic carbocycles. The lowest BCUT2D eigenvalue weighted by Gasteiger charge is -2.05. The summed E-state index contributed by atoms with van der Waals surface area (Å²) in [6.45, 7) is -0.229. The minimum atomic E-state index is -0.658. The molecule has 1 aromatic heterocycles. The predicted molar refractivity (Wildman–Crippen MR) is 91.2 cm³/mol. The molecule has 3 rings (SSSR count). The van der Waals surface area contributed by atoms with Crippen LogP contribution in [0.2, 0.25) is 5.02 Å². The van der Waals surface area contributed by atoms with Crippen molar-refractivity contribution in [2.75, 3.05) is 7.11 Å². The molecule has 3 aromatic rings. The Kier molecular flexibility index (Phi) is 5.48. The molecule has 0 fully saturated rings. The van der Waals surface area contributed by atoms with E-state index in [9.17, 15) is 9.18 Å². The molecule has 0 unspecified atom stereocenters. The third-order valence-electron chi connectivity index (χ3n) is 3.56. The molecule has 26 heavy (non-hydrogen) atoms. The molecular formula is C18H14ClFN2O4. The first-order valence-electron chi connectivity index (χ1n) is 7.63. The van der Waals surface area contributed by atoms with Crippen LogP contribution in [0.1, 0.15) is 11.5 Å². The molecule has 0 N–H and O–H groups in total. The summed E-state index contributed by atoms with van der Waals surface area (Å²) < 4.78 is 29.1. The van der Waals surface area contributed by atoms with Crippen LogP contribution in [-0.2, 0) is 22.6 Å². The highest BCUT2D eigenvalue weighted by Gasteiger charge is 2.16. The van der Waals surface area contributed by atoms with Gasteiger partial charge in [0.2, 0.25) is 5.82 Å². The van der Waals surface area contributed by atoms with Gasteiger partial charge in [-0.1, -0.05) is 35.0 Å². The molecular weight excluding hydrogens is 363 g/mol. The second-order valence-electron chi connectivity index (χ2n) is 5.25. The van der Waals surface area contributed by atoms with Crippen LogP contribution in [-0.4, -0.2) is 23.2 Å². The van der Waals surface area contributed by atoms with Gasteiger partial charge in [0, 0.05) is 10.6 Å². The summed E-state index contributed by atoms with van der Waals surface area (Å²) in [6.07, 6.45) is -0.293. The number of esters is 1. The molecule has 1 heterocycles. The van der Waals surface area contributed by atoms with Crippen molar-refractivity contribution in [3.8, 4) is 17.1 Å². The lowest BCUT2D eigenvalue weighted by Crippen LogP contribution is -2.09. The summed E-state index contributed by atoms with van der Waals surface area (Å²) in [7, 11) is 1.54. The second-order valence-corrected chi connectivity index (χ2v) is 5.66. The van der Waals surface area contributed by atoms with E-state index in [0.29, 0.717) is 17.1 Å². The summed E-state index contributed by atoms with van der Waals surface area (Å²) in [4.78, 5) is 16.1. The van der Waals surface area contributed by atoms with Crippen LogP contribution in [0.25, 0.3) is 11.4 Å². The normalized spacial score (nSPS) is 10.6. The number of aromatic nitrogens is 2. The molecule has 0 saturated carbocycles. The lowest BCUT2D eigenvalue weighted by atomic mass is 10.1. The molecule has 6 nitrogen and oxygen atoms in total. The number of para-hydroxylation sites is 1. The van der Waals surface area contributed by atoms with Gasteiger partial charge in [-0.2, -0.15) is 4.98 Å². The first-order valence-corrected chi connectivity index (χ1v) is 8.00. The van der Waals surface area contributed by atoms with Crippen molar-refractivity contribution in [3.63, 3.8) is 0 Å². The van der Waals surface area contributed by atoms with Crippen LogP contribution < -0.4 is 4.74 Å². The quantitative estimate of drug-likeness (QED) is 0.609. The van der Waals surface area contributed by atoms with Crippen LogP contribution in [0.3, 0.4) is 0 Å². The van der Waals surface area contributed by atoms with Gasteiger partial charge >= 0.3 is 5.97 Å². The number of hydrogen-bond acceptors (Lipinski definition) is 6. The molecule has 0 atom stereocenters. The Hall–Kier alpha value is -2.93. The summed E-state index contributed by atoms with van der Waals surface area (Å²) in [5.41, 5.74) is 0.730. The van der Waals surface area contributed by atoms with Gasteiger partial charge in [-0.15, -0.1) is 0 Å². The van der Waals surface area contributed by atoms with Crippen LogP contribution >= 0.6 is 11.6 Å². The van der Waals surface area contributed by atoms with E-state index in [-0.39, 0.29) is 29.5 Å². The number of carbonyl (C=O) groups excluding carboxylic acids is 1. The molecule has 0 radical (unpaired) electrons. The molecule has 0 aliphatic rings. The number of nitrogens with zero attached hydrogens (tertiary/aromatic N) is 2. The van der Waals surface area contributed by atoms with Gasteiger partial charge in [-0.25, -0.2) is 4.39 Å². The Balaban J connectivity index is 1.64. The zero-order valence-corrected chi connectivity index (χ0v) is 14.5. The molecule has 0 bridgehead atoms. The molecule has 134 valence electrons. The summed E-state index contributed by atoms with van der Waals surface area (Å²) in [5.74, 6) is -0.213. The van der Waals surface area contributed by atoms with Crippen LogP contribution in [0.5, 0.6) is 5.75 Å². The Morgan fingerprint density at radius 3 is 2.81 bits per heavy atom. The average Bonchev–Trinajstić information content (AvgIpc) is 3.12. The van der Waals surface area contributed by atoms with Crippen molar-refractivity contribution in [1.82, 2.24) is 10.1 Å². The fraction of sp³-hybridized carbons (Fsp3) is 0.167. The van der Waals surface area contributed by atoms with Crippen molar-refractivity contribution in [3.05, 3.63) is 64.8 Å². The average molecular weight is 377 g/mol. The number of hydrogen-bond donors (Lipinski definition) is 0. The van der Waals surface area contributed by atoms with Crippen molar-refractivity contribution < 1.29 is 23.2 Å². The molecule has 8 heteroatoms. The van der Waals surface area contributed by atoms with E-state index in [1.807, 2.05) is 12.1 Å². The van der Waals surface area contributed by atoms with Gasteiger partial charge in [0.25, 0.3) is 5.89 Å². The molecule has 0 saturated heterocycles. The lowest BCUT2D eigenvalue weighted by molar-refractivity contribution is -0.144. The van der Waals surface area contributed by atoms with Crippen LogP contribution in [0, 0.1) is 5.82 Å². The number of ether oxygens (including phenoxy) is 2. The minimum Gasteiger partial charge on any atom is -0.496 e. The third-order valence-corrected chi connectivity index (χ3v) is 3.91. The van der Waals surface area contributed by atoms with Crippen molar-refractivity contribution in [1.29, 1.82) is 0 Å². The number of rotatable bonds is 6. The summed E-state index contributed by atoms with van der Waals surface area (Å²) in [6, 6.07) is 11.4. The Bertz CT molecular complexity index is 909. The second kappa shape index (κ2) is 7.97. The number of carbonyl (C=O) groups is 1. The van der Waals surface area contributed by atoms with Gasteiger partial charge in [-0.05, 0) is 24.3 Å². The monoisotopic (exact) mass is 376 g/mol. The maximum absolute atomic E-state index is 13.7. The number of benzene rings is 2. The number of methoxy groups -OCH3 is 1. The van der Waals surface area contributed by atoms with Gasteiger partial charge in [-0.3, -0.25) is 4.79 Å². The number of halogens is 2. The largest absolute Gasteiger partial charge is 0.496 e. The highest BCUT2D eigenvalue weighted by atomic mass is 35.5. The van der Waals surface area contributed by atoms with E-state index in [0.717, 1.165) is 0 Å². The highest BCUT2D eigenvalue weighted by molar-refractivity contribution is 6.31. The summed E-state index contributed by atoms with van der Waals surface area (Å²) >= 11 is 5.89. The zero-order valence-electron chi connectivity index (χ0n) is 13.7. The summed E-state index contributed by atoms with van der Waals surface area (Å²) in [5, 5.41) is 4.01. The smallest absolute Gasteiger partial charge is 0.310 e. The fourth-order valence-electron chi connectivity index (χ4n) is 2.29. The van der Waals surface area contributed by atoms with Crippen molar-refractivity contribution >= 4 is 17.6 Å². The van der Waals surface area contributed by atoms with E-state index in [1.54, 1.807) is 12.1 Å². The standard InChI is InChI=1S/C18H14ClFN2O4/c1-24-15-8-3-2-5-11(15)18-21-16(26-22-18)10-25-17(23)9-12-13(19)6-4-7-14(12)20/h2-8H,9-10H2,1H3. The molecule has 0 aliphatic heterocycles. The van der Waals surface area contributed by atoms with E-state index in [1.165, 1.54) is 25.3 Å². The third kappa shape index (κ3) is 4.00.